The number of thioether (sulfide) groups is 1. The molecule has 37 heavy (non-hydrogen) atoms. The van der Waals surface area contributed by atoms with Gasteiger partial charge in [-0.1, -0.05) is 65.0 Å². The van der Waals surface area contributed by atoms with Gasteiger partial charge in [-0.25, -0.2) is 0 Å². The summed E-state index contributed by atoms with van der Waals surface area (Å²) in [5.41, 5.74) is 2.88. The number of nitrogens with two attached hydrogens (primary N) is 1. The summed E-state index contributed by atoms with van der Waals surface area (Å²) < 4.78 is 1.86. The highest BCUT2D eigenvalue weighted by molar-refractivity contribution is 7.99. The number of carbonyl (C=O) groups is 1. The van der Waals surface area contributed by atoms with E-state index in [1.807, 2.05) is 58.5 Å². The van der Waals surface area contributed by atoms with Crippen molar-refractivity contribution >= 4 is 23.9 Å². The Kier molecular flexibility index (Phi) is 23.1. The molecule has 0 saturated heterocycles. The third-order valence-corrected chi connectivity index (χ3v) is 5.96. The van der Waals surface area contributed by atoms with Gasteiger partial charge in [0.25, 0.3) is 5.91 Å². The van der Waals surface area contributed by atoms with E-state index in [1.165, 1.54) is 17.9 Å². The molecule has 1 aromatic carbocycles. The first kappa shape index (κ1) is 36.3. The minimum absolute atomic E-state index is 0.0337. The van der Waals surface area contributed by atoms with E-state index >= 15 is 0 Å². The molecule has 0 aliphatic heterocycles. The van der Waals surface area contributed by atoms with Crippen LogP contribution in [0.1, 0.15) is 61.7 Å². The molecule has 0 aliphatic carbocycles. The van der Waals surface area contributed by atoms with Crippen LogP contribution in [0.15, 0.2) is 57.5 Å². The molecule has 9 heteroatoms. The zero-order chi connectivity index (χ0) is 28.6. The fourth-order valence-electron chi connectivity index (χ4n) is 2.84. The predicted octanol–water partition coefficient (Wildman–Crippen LogP) is 4.03. The molecule has 0 spiro atoms. The lowest BCUT2D eigenvalue weighted by molar-refractivity contribution is 0.0948. The molecular weight excluding hydrogens is 486 g/mol. The molecule has 0 radical (unpaired) electrons. The second kappa shape index (κ2) is 23.5. The van der Waals surface area contributed by atoms with Crippen molar-refractivity contribution in [1.29, 1.82) is 0 Å². The standard InChI is InChI=1S/C20H27N3O2S.C4H8N2O.2C2H6/c1-5-15-6-8-16(9-7-15)12-22-19(25)17-13-23(4)20(14(2)18(17)24)26-11-10-21-3;5-6-3-1-2-4-7;2*1-2/h6-9,13,21H,5,10-12H2,1-4H3,(H,22,25);1-3,7H,4-5H2;2*1-2H3/b;2-1+,6-3-;;. The number of hydrogen-bond acceptors (Lipinski definition) is 7. The minimum atomic E-state index is -0.333. The van der Waals surface area contributed by atoms with E-state index in [0.29, 0.717) is 12.1 Å². The quantitative estimate of drug-likeness (QED) is 0.120. The summed E-state index contributed by atoms with van der Waals surface area (Å²) in [7, 11) is 3.77. The topological polar surface area (TPSA) is 122 Å². The van der Waals surface area contributed by atoms with Crippen LogP contribution in [-0.2, 0) is 20.0 Å². The first-order chi connectivity index (χ1) is 17.9. The smallest absolute Gasteiger partial charge is 0.257 e. The molecule has 8 nitrogen and oxygen atoms in total. The first-order valence-electron chi connectivity index (χ1n) is 12.7. The molecule has 1 aromatic heterocycles. The first-order valence-corrected chi connectivity index (χ1v) is 13.7. The van der Waals surface area contributed by atoms with Gasteiger partial charge < -0.3 is 26.1 Å². The molecular formula is C28H47N5O3S. The maximum Gasteiger partial charge on any atom is 0.257 e. The molecule has 0 unspecified atom stereocenters. The number of aliphatic hydroxyl groups excluding tert-OH is 1. The second-order valence-corrected chi connectivity index (χ2v) is 8.21. The van der Waals surface area contributed by atoms with Gasteiger partial charge in [0.2, 0.25) is 0 Å². The van der Waals surface area contributed by atoms with Crippen LogP contribution >= 0.6 is 11.8 Å². The van der Waals surface area contributed by atoms with E-state index in [4.69, 9.17) is 10.9 Å². The van der Waals surface area contributed by atoms with Crippen LogP contribution in [0.4, 0.5) is 0 Å². The molecule has 0 aliphatic rings. The van der Waals surface area contributed by atoms with Gasteiger partial charge in [0.1, 0.15) is 5.56 Å². The summed E-state index contributed by atoms with van der Waals surface area (Å²) in [6.45, 7) is 13.2. The Morgan fingerprint density at radius 3 is 2.27 bits per heavy atom. The fraction of sp³-hybridized carbons (Fsp3) is 0.464. The zero-order valence-corrected chi connectivity index (χ0v) is 24.6. The summed E-state index contributed by atoms with van der Waals surface area (Å²) in [6.07, 6.45) is 7.12. The maximum atomic E-state index is 12.6. The highest BCUT2D eigenvalue weighted by atomic mass is 32.2. The van der Waals surface area contributed by atoms with Crippen molar-refractivity contribution < 1.29 is 9.90 Å². The van der Waals surface area contributed by atoms with E-state index < -0.39 is 0 Å². The number of aromatic nitrogens is 1. The van der Waals surface area contributed by atoms with Crippen molar-refractivity contribution in [2.75, 3.05) is 26.0 Å². The van der Waals surface area contributed by atoms with Crippen molar-refractivity contribution in [2.24, 2.45) is 18.0 Å². The Hall–Kier alpha value is -2.88. The molecule has 0 saturated carbocycles. The Bertz CT molecular complexity index is 987. The van der Waals surface area contributed by atoms with Crippen molar-refractivity contribution in [3.8, 4) is 0 Å². The number of pyridine rings is 1. The third-order valence-electron chi connectivity index (χ3n) is 4.68. The molecule has 0 atom stereocenters. The summed E-state index contributed by atoms with van der Waals surface area (Å²) in [5.74, 6) is 5.24. The van der Waals surface area contributed by atoms with Crippen molar-refractivity contribution in [3.05, 3.63) is 75.1 Å². The van der Waals surface area contributed by atoms with Crippen LogP contribution in [0.5, 0.6) is 0 Å². The van der Waals surface area contributed by atoms with Crippen molar-refractivity contribution in [1.82, 2.24) is 15.2 Å². The Morgan fingerprint density at radius 2 is 1.76 bits per heavy atom. The van der Waals surface area contributed by atoms with E-state index in [-0.39, 0.29) is 23.5 Å². The van der Waals surface area contributed by atoms with Crippen LogP contribution in [0.3, 0.4) is 0 Å². The molecule has 1 amide bonds. The van der Waals surface area contributed by atoms with Crippen LogP contribution < -0.4 is 21.9 Å². The lowest BCUT2D eigenvalue weighted by atomic mass is 10.1. The summed E-state index contributed by atoms with van der Waals surface area (Å²) in [5, 5.41) is 18.1. The van der Waals surface area contributed by atoms with E-state index in [9.17, 15) is 9.59 Å². The van der Waals surface area contributed by atoms with Crippen LogP contribution in [0.2, 0.25) is 0 Å². The molecule has 1 heterocycles. The lowest BCUT2D eigenvalue weighted by Gasteiger charge is -2.14. The monoisotopic (exact) mass is 533 g/mol. The molecule has 208 valence electrons. The number of nitrogens with one attached hydrogen (secondary N) is 2. The molecule has 2 aromatic rings. The summed E-state index contributed by atoms with van der Waals surface area (Å²) in [6, 6.07) is 8.12. The molecule has 0 bridgehead atoms. The number of nitrogens with zero attached hydrogens (tertiary/aromatic N) is 2. The number of aliphatic hydroxyl groups is 1. The van der Waals surface area contributed by atoms with Gasteiger partial charge in [0, 0.05) is 43.9 Å². The Labute approximate surface area is 227 Å². The molecule has 2 rings (SSSR count). The maximum absolute atomic E-state index is 12.6. The number of benzene rings is 1. The largest absolute Gasteiger partial charge is 0.392 e. The number of carbonyl (C=O) groups excluding carboxylic acids is 1. The highest BCUT2D eigenvalue weighted by Crippen LogP contribution is 2.19. The second-order valence-electron chi connectivity index (χ2n) is 7.13. The highest BCUT2D eigenvalue weighted by Gasteiger charge is 2.16. The van der Waals surface area contributed by atoms with Gasteiger partial charge in [0.15, 0.2) is 5.43 Å². The van der Waals surface area contributed by atoms with Gasteiger partial charge in [-0.05, 0) is 37.6 Å². The fourth-order valence-corrected chi connectivity index (χ4v) is 3.90. The number of allylic oxidation sites excluding steroid dienone is 1. The third kappa shape index (κ3) is 14.4. The van der Waals surface area contributed by atoms with Crippen LogP contribution in [-0.4, -0.2) is 47.7 Å². The number of aryl methyl sites for hydroxylation is 2. The Balaban J connectivity index is 0. The SMILES string of the molecule is CC.CC.CCc1ccc(CNC(=O)c2cn(C)c(SCCNC)c(C)c2=O)cc1.N/N=C\C=C\CO. The van der Waals surface area contributed by atoms with Crippen LogP contribution in [0, 0.1) is 6.92 Å². The molecule has 5 N–H and O–H groups in total. The van der Waals surface area contributed by atoms with E-state index in [2.05, 4.69) is 34.8 Å². The number of rotatable bonds is 10. The van der Waals surface area contributed by atoms with Gasteiger partial charge in [0.05, 0.1) is 11.6 Å². The predicted molar refractivity (Wildman–Crippen MR) is 160 cm³/mol. The normalized spacial score (nSPS) is 10.1. The summed E-state index contributed by atoms with van der Waals surface area (Å²) >= 11 is 1.62. The zero-order valence-electron chi connectivity index (χ0n) is 23.8. The van der Waals surface area contributed by atoms with Gasteiger partial charge in [-0.3, -0.25) is 9.59 Å². The number of hydrogen-bond donors (Lipinski definition) is 4. The lowest BCUT2D eigenvalue weighted by Crippen LogP contribution is -2.30. The van der Waals surface area contributed by atoms with Gasteiger partial charge in [-0.15, -0.1) is 11.8 Å². The van der Waals surface area contributed by atoms with Crippen LogP contribution in [0.25, 0.3) is 0 Å². The van der Waals surface area contributed by atoms with Crippen molar-refractivity contribution in [3.63, 3.8) is 0 Å². The van der Waals surface area contributed by atoms with Gasteiger partial charge in [-0.2, -0.15) is 5.10 Å². The minimum Gasteiger partial charge on any atom is -0.392 e. The van der Waals surface area contributed by atoms with E-state index in [1.54, 1.807) is 31.0 Å². The number of amides is 1. The van der Waals surface area contributed by atoms with Gasteiger partial charge >= 0.3 is 0 Å². The average molecular weight is 534 g/mol. The molecule has 0 fully saturated rings. The van der Waals surface area contributed by atoms with E-state index in [0.717, 1.165) is 29.3 Å². The average Bonchev–Trinajstić information content (AvgIpc) is 2.94. The van der Waals surface area contributed by atoms with Crippen molar-refractivity contribution in [2.45, 2.75) is 59.5 Å². The Morgan fingerprint density at radius 1 is 1.16 bits per heavy atom. The number of hydrazone groups is 1. The summed E-state index contributed by atoms with van der Waals surface area (Å²) in [4.78, 5) is 25.1.